The van der Waals surface area contributed by atoms with Gasteiger partial charge in [0, 0.05) is 17.5 Å². The van der Waals surface area contributed by atoms with Crippen LogP contribution in [0.4, 0.5) is 0 Å². The molecule has 0 atom stereocenters. The maximum atomic E-state index is 7.71. The van der Waals surface area contributed by atoms with Crippen molar-refractivity contribution >= 4 is 23.5 Å². The number of hydrogen-bond donors (Lipinski definition) is 2. The number of aromatic nitrogens is 1. The Bertz CT molecular complexity index is 301. The Morgan fingerprint density at radius 2 is 2.33 bits per heavy atom. The lowest BCUT2D eigenvalue weighted by atomic mass is 10.0. The zero-order chi connectivity index (χ0) is 9.14. The smallest absolute Gasteiger partial charge is 0.0743 e. The Hall–Kier alpha value is -1.03. The van der Waals surface area contributed by atoms with Crippen LogP contribution in [0.1, 0.15) is 24.3 Å². The predicted molar refractivity (Wildman–Crippen MR) is 51.7 cm³/mol. The molecule has 0 fully saturated rings. The number of rotatable bonds is 3. The molecule has 3 nitrogen and oxygen atoms in total. The minimum atomic E-state index is 0.195. The molecule has 0 aliphatic heterocycles. The molecule has 2 N–H and O–H groups in total. The lowest BCUT2D eigenvalue weighted by Gasteiger charge is -2.04. The maximum Gasteiger partial charge on any atom is 0.0743 e. The number of nitrogens with zero attached hydrogens (tertiary/aromatic N) is 1. The van der Waals surface area contributed by atoms with E-state index in [0.717, 1.165) is 10.4 Å². The van der Waals surface area contributed by atoms with Crippen LogP contribution in [0.5, 0.6) is 0 Å². The molecule has 0 unspecified atom stereocenters. The third-order valence-electron chi connectivity index (χ3n) is 1.60. The van der Waals surface area contributed by atoms with E-state index in [1.807, 2.05) is 13.8 Å². The molecule has 1 aromatic heterocycles. The van der Waals surface area contributed by atoms with Crippen molar-refractivity contribution in [3.05, 3.63) is 16.6 Å². The normalized spacial score (nSPS) is 10.2. The van der Waals surface area contributed by atoms with Gasteiger partial charge in [0.15, 0.2) is 0 Å². The molecule has 0 aliphatic rings. The summed E-state index contributed by atoms with van der Waals surface area (Å²) in [5, 5.41) is 14.8. The Balaban J connectivity index is 3.01. The fraction of sp³-hybridized carbons (Fsp3) is 0.375. The van der Waals surface area contributed by atoms with Crippen molar-refractivity contribution in [2.24, 2.45) is 5.92 Å². The van der Waals surface area contributed by atoms with E-state index in [4.69, 9.17) is 10.8 Å². The summed E-state index contributed by atoms with van der Waals surface area (Å²) in [6.45, 7) is 3.93. The van der Waals surface area contributed by atoms with E-state index in [0.29, 0.717) is 5.71 Å². The van der Waals surface area contributed by atoms with E-state index in [1.54, 1.807) is 6.20 Å². The largest absolute Gasteiger partial charge is 0.307 e. The summed E-state index contributed by atoms with van der Waals surface area (Å²) in [6.07, 6.45) is 2.91. The lowest BCUT2D eigenvalue weighted by molar-refractivity contribution is 0.878. The zero-order valence-electron chi connectivity index (χ0n) is 7.09. The second-order valence-electron chi connectivity index (χ2n) is 2.82. The minimum absolute atomic E-state index is 0.195. The van der Waals surface area contributed by atoms with Crippen LogP contribution in [0.25, 0.3) is 0 Å². The Labute approximate surface area is 75.6 Å². The zero-order valence-corrected chi connectivity index (χ0v) is 7.90. The average Bonchev–Trinajstić information content (AvgIpc) is 2.49. The number of hydrogen-bond acceptors (Lipinski definition) is 4. The summed E-state index contributed by atoms with van der Waals surface area (Å²) in [4.78, 5) is 0.772. The van der Waals surface area contributed by atoms with Crippen LogP contribution in [-0.4, -0.2) is 16.3 Å². The van der Waals surface area contributed by atoms with Crippen LogP contribution in [0.15, 0.2) is 6.20 Å². The molecule has 0 amide bonds. The molecule has 12 heavy (non-hydrogen) atoms. The number of nitrogens with one attached hydrogen (secondary N) is 2. The van der Waals surface area contributed by atoms with E-state index in [1.165, 1.54) is 17.7 Å². The van der Waals surface area contributed by atoms with Gasteiger partial charge in [0.05, 0.1) is 11.1 Å². The van der Waals surface area contributed by atoms with Crippen molar-refractivity contribution in [1.29, 1.82) is 10.8 Å². The minimum Gasteiger partial charge on any atom is -0.307 e. The van der Waals surface area contributed by atoms with Gasteiger partial charge in [0.1, 0.15) is 0 Å². The van der Waals surface area contributed by atoms with Crippen LogP contribution in [0.3, 0.4) is 0 Å². The lowest BCUT2D eigenvalue weighted by Crippen LogP contribution is -2.08. The molecule has 1 aromatic rings. The third-order valence-corrected chi connectivity index (χ3v) is 2.34. The first kappa shape index (κ1) is 9.06. The van der Waals surface area contributed by atoms with Crippen LogP contribution >= 0.6 is 11.5 Å². The summed E-state index contributed by atoms with van der Waals surface area (Å²) in [6, 6.07) is 0. The van der Waals surface area contributed by atoms with Crippen molar-refractivity contribution in [2.45, 2.75) is 13.8 Å². The molecular formula is C8H11N3S. The summed E-state index contributed by atoms with van der Waals surface area (Å²) < 4.78 is 3.95. The van der Waals surface area contributed by atoms with Gasteiger partial charge in [-0.05, 0) is 17.5 Å². The van der Waals surface area contributed by atoms with Gasteiger partial charge in [-0.2, -0.15) is 4.37 Å². The first-order valence-electron chi connectivity index (χ1n) is 3.70. The van der Waals surface area contributed by atoms with Crippen molar-refractivity contribution in [2.75, 3.05) is 0 Å². The van der Waals surface area contributed by atoms with Gasteiger partial charge in [0.25, 0.3) is 0 Å². The fourth-order valence-corrected chi connectivity index (χ4v) is 1.45. The second kappa shape index (κ2) is 3.58. The summed E-state index contributed by atoms with van der Waals surface area (Å²) in [5.74, 6) is 0.195. The third kappa shape index (κ3) is 1.58. The quantitative estimate of drug-likeness (QED) is 0.690. The summed E-state index contributed by atoms with van der Waals surface area (Å²) in [7, 11) is 0. The van der Waals surface area contributed by atoms with Gasteiger partial charge in [-0.3, -0.25) is 0 Å². The molecular weight excluding hydrogens is 170 g/mol. The summed E-state index contributed by atoms with van der Waals surface area (Å²) in [5.41, 5.74) is 1.35. The monoisotopic (exact) mass is 181 g/mol. The highest BCUT2D eigenvalue weighted by Crippen LogP contribution is 2.15. The van der Waals surface area contributed by atoms with Crippen LogP contribution < -0.4 is 0 Å². The van der Waals surface area contributed by atoms with Gasteiger partial charge in [0.2, 0.25) is 0 Å². The van der Waals surface area contributed by atoms with E-state index < -0.39 is 0 Å². The van der Waals surface area contributed by atoms with E-state index in [-0.39, 0.29) is 5.92 Å². The van der Waals surface area contributed by atoms with E-state index in [2.05, 4.69) is 4.37 Å². The van der Waals surface area contributed by atoms with Gasteiger partial charge < -0.3 is 10.8 Å². The van der Waals surface area contributed by atoms with E-state index in [9.17, 15) is 0 Å². The predicted octanol–water partition coefficient (Wildman–Crippen LogP) is 2.16. The highest BCUT2D eigenvalue weighted by Gasteiger charge is 2.11. The van der Waals surface area contributed by atoms with Crippen LogP contribution in [-0.2, 0) is 0 Å². The topological polar surface area (TPSA) is 60.6 Å². The van der Waals surface area contributed by atoms with Crippen molar-refractivity contribution in [3.63, 3.8) is 0 Å². The van der Waals surface area contributed by atoms with Crippen molar-refractivity contribution in [3.8, 4) is 0 Å². The van der Waals surface area contributed by atoms with Crippen LogP contribution in [0.2, 0.25) is 0 Å². The molecule has 4 heteroatoms. The second-order valence-corrected chi connectivity index (χ2v) is 3.65. The fourth-order valence-electron chi connectivity index (χ4n) is 0.866. The SMILES string of the molecule is CC(C)C(=N)c1cnsc1C=N. The Kier molecular flexibility index (Phi) is 2.70. The van der Waals surface area contributed by atoms with Gasteiger partial charge >= 0.3 is 0 Å². The van der Waals surface area contributed by atoms with Crippen molar-refractivity contribution in [1.82, 2.24) is 4.37 Å². The molecule has 0 saturated carbocycles. The maximum absolute atomic E-state index is 7.71. The molecule has 64 valence electrons. The molecule has 0 radical (unpaired) electrons. The molecule has 1 rings (SSSR count). The molecule has 1 heterocycles. The van der Waals surface area contributed by atoms with Gasteiger partial charge in [-0.25, -0.2) is 0 Å². The van der Waals surface area contributed by atoms with Crippen molar-refractivity contribution < 1.29 is 0 Å². The highest BCUT2D eigenvalue weighted by molar-refractivity contribution is 7.08. The van der Waals surface area contributed by atoms with Gasteiger partial charge in [-0.1, -0.05) is 13.8 Å². The Morgan fingerprint density at radius 1 is 1.67 bits per heavy atom. The van der Waals surface area contributed by atoms with Gasteiger partial charge in [-0.15, -0.1) is 0 Å². The highest BCUT2D eigenvalue weighted by atomic mass is 32.1. The molecule has 0 aromatic carbocycles. The average molecular weight is 181 g/mol. The van der Waals surface area contributed by atoms with E-state index >= 15 is 0 Å². The molecule has 0 spiro atoms. The Morgan fingerprint density at radius 3 is 2.83 bits per heavy atom. The summed E-state index contributed by atoms with van der Waals surface area (Å²) >= 11 is 1.26. The molecule has 0 saturated heterocycles. The first-order valence-corrected chi connectivity index (χ1v) is 4.48. The molecule has 0 bridgehead atoms. The van der Waals surface area contributed by atoms with Crippen LogP contribution in [0, 0.1) is 16.7 Å². The first-order chi connectivity index (χ1) is 5.66. The molecule has 0 aliphatic carbocycles. The standard InChI is InChI=1S/C8H11N3S/c1-5(2)8(10)6-4-11-12-7(6)3-9/h3-5,9-10H,1-2H3.